The first-order chi connectivity index (χ1) is 12.6. The number of cyclic esters (lactones) is 1. The van der Waals surface area contributed by atoms with Crippen LogP contribution in [-0.2, 0) is 24.7 Å². The van der Waals surface area contributed by atoms with E-state index in [1.807, 2.05) is 0 Å². The van der Waals surface area contributed by atoms with Crippen molar-refractivity contribution < 1.29 is 23.9 Å². The number of anilines is 1. The molecule has 0 aromatic heterocycles. The van der Waals surface area contributed by atoms with E-state index in [1.165, 1.54) is 4.90 Å². The number of amides is 3. The van der Waals surface area contributed by atoms with Crippen LogP contribution in [0.1, 0.15) is 19.4 Å². The van der Waals surface area contributed by atoms with Gasteiger partial charge in [0, 0.05) is 17.1 Å². The van der Waals surface area contributed by atoms with Crippen LogP contribution in [0.4, 0.5) is 10.5 Å². The topological polar surface area (TPSA) is 88.2 Å². The molecule has 0 bridgehead atoms. The third kappa shape index (κ3) is 2.32. The minimum Gasteiger partial charge on any atom is -0.447 e. The molecule has 8 nitrogen and oxygen atoms in total. The summed E-state index contributed by atoms with van der Waals surface area (Å²) >= 11 is 8.53. The maximum Gasteiger partial charge on any atom is 0.417 e. The first-order valence-electron chi connectivity index (χ1n) is 8.18. The van der Waals surface area contributed by atoms with Crippen molar-refractivity contribution in [2.45, 2.75) is 31.0 Å². The number of hydrogen-bond acceptors (Lipinski definition) is 6. The van der Waals surface area contributed by atoms with E-state index >= 15 is 0 Å². The highest BCUT2D eigenvalue weighted by atomic mass is 79.9. The fourth-order valence-corrected chi connectivity index (χ4v) is 4.38. The van der Waals surface area contributed by atoms with Gasteiger partial charge in [0.2, 0.25) is 5.60 Å². The van der Waals surface area contributed by atoms with Crippen LogP contribution in [0, 0.1) is 0 Å². The van der Waals surface area contributed by atoms with Crippen LogP contribution in [-0.4, -0.2) is 53.2 Å². The third-order valence-corrected chi connectivity index (χ3v) is 5.76. The van der Waals surface area contributed by atoms with Gasteiger partial charge in [0.05, 0.1) is 11.2 Å². The second kappa shape index (κ2) is 5.65. The monoisotopic (exact) mass is 453 g/mol. The summed E-state index contributed by atoms with van der Waals surface area (Å²) in [6.45, 7) is 3.49. The minimum atomic E-state index is -1.68. The molecule has 2 saturated heterocycles. The van der Waals surface area contributed by atoms with Crippen LogP contribution < -0.4 is 10.2 Å². The predicted octanol–water partition coefficient (Wildman–Crippen LogP) is 1.65. The number of nitrogens with zero attached hydrogens (tertiary/aromatic N) is 2. The molecule has 2 fully saturated rings. The maximum atomic E-state index is 13.4. The van der Waals surface area contributed by atoms with Crippen molar-refractivity contribution in [2.24, 2.45) is 0 Å². The first kappa shape index (κ1) is 18.2. The average Bonchev–Trinajstić information content (AvgIpc) is 3.15. The van der Waals surface area contributed by atoms with Crippen molar-refractivity contribution in [3.63, 3.8) is 0 Å². The lowest BCUT2D eigenvalue weighted by atomic mass is 9.86. The fraction of sp³-hybridized carbons (Fsp3) is 0.412. The molecule has 1 spiro atoms. The minimum absolute atomic E-state index is 0.0680. The Bertz CT molecular complexity index is 920. The van der Waals surface area contributed by atoms with Crippen molar-refractivity contribution in [2.75, 3.05) is 18.6 Å². The zero-order valence-electron chi connectivity index (χ0n) is 14.7. The molecule has 4 rings (SSSR count). The summed E-state index contributed by atoms with van der Waals surface area (Å²) < 4.78 is 11.5. The molecule has 1 aromatic carbocycles. The number of carbonyl (C=O) groups excluding carboxylic acids is 3. The quantitative estimate of drug-likeness (QED) is 0.646. The molecule has 2 atom stereocenters. The number of imide groups is 1. The van der Waals surface area contributed by atoms with Crippen LogP contribution in [0.2, 0.25) is 0 Å². The molecule has 10 heteroatoms. The standard InChI is InChI=1S/C17H16BrN3O5S/c1-16(2)7-25-15(24)21(16)12(22)11-17(26-14(27)19-11)9-6-8(18)4-5-10(9)20(3)13(17)23/h4-6,11H,7H2,1-3H3,(H,19,27)/t11-,17-/m0/s1. The van der Waals surface area contributed by atoms with Gasteiger partial charge < -0.3 is 19.7 Å². The van der Waals surface area contributed by atoms with E-state index in [9.17, 15) is 14.4 Å². The number of ether oxygens (including phenoxy) is 2. The lowest BCUT2D eigenvalue weighted by Gasteiger charge is -2.32. The smallest absolute Gasteiger partial charge is 0.417 e. The molecule has 3 amide bonds. The molecule has 3 heterocycles. The van der Waals surface area contributed by atoms with Crippen LogP contribution in [0.3, 0.4) is 0 Å². The molecule has 1 aromatic rings. The Hall–Kier alpha value is -2.20. The van der Waals surface area contributed by atoms with Crippen LogP contribution in [0.5, 0.6) is 0 Å². The van der Waals surface area contributed by atoms with Crippen LogP contribution >= 0.6 is 28.1 Å². The zero-order chi connectivity index (χ0) is 19.7. The molecular formula is C17H16BrN3O5S. The van der Waals surface area contributed by atoms with Gasteiger partial charge in [-0.1, -0.05) is 15.9 Å². The van der Waals surface area contributed by atoms with Gasteiger partial charge in [0.1, 0.15) is 6.61 Å². The largest absolute Gasteiger partial charge is 0.447 e. The van der Waals surface area contributed by atoms with Crippen molar-refractivity contribution >= 4 is 56.9 Å². The number of nitrogens with one attached hydrogen (secondary N) is 1. The van der Waals surface area contributed by atoms with Gasteiger partial charge in [0.15, 0.2) is 6.04 Å². The number of rotatable bonds is 1. The number of thiocarbonyl (C=S) groups is 1. The highest BCUT2D eigenvalue weighted by molar-refractivity contribution is 9.10. The van der Waals surface area contributed by atoms with E-state index in [-0.39, 0.29) is 11.8 Å². The van der Waals surface area contributed by atoms with E-state index in [0.717, 1.165) is 9.37 Å². The SMILES string of the molecule is CN1C(=O)[C@]2(OC(=S)N[C@H]2C(=O)N2C(=O)OCC2(C)C)c2cc(Br)ccc21. The number of fused-ring (bicyclic) bond motifs is 2. The zero-order valence-corrected chi connectivity index (χ0v) is 17.1. The lowest BCUT2D eigenvalue weighted by Crippen LogP contribution is -2.60. The van der Waals surface area contributed by atoms with Gasteiger partial charge in [-0.25, -0.2) is 9.69 Å². The number of hydrogen-bond donors (Lipinski definition) is 1. The summed E-state index contributed by atoms with van der Waals surface area (Å²) in [6.07, 6.45) is -0.756. The van der Waals surface area contributed by atoms with Gasteiger partial charge in [0.25, 0.3) is 17.0 Å². The molecule has 0 unspecified atom stereocenters. The predicted molar refractivity (Wildman–Crippen MR) is 102 cm³/mol. The molecule has 0 radical (unpaired) electrons. The van der Waals surface area contributed by atoms with E-state index in [1.54, 1.807) is 39.1 Å². The van der Waals surface area contributed by atoms with E-state index in [4.69, 9.17) is 21.7 Å². The van der Waals surface area contributed by atoms with Crippen molar-refractivity contribution in [1.29, 1.82) is 0 Å². The van der Waals surface area contributed by atoms with Gasteiger partial charge in [-0.15, -0.1) is 0 Å². The lowest BCUT2D eigenvalue weighted by molar-refractivity contribution is -0.145. The maximum absolute atomic E-state index is 13.4. The van der Waals surface area contributed by atoms with Gasteiger partial charge in [-0.3, -0.25) is 9.59 Å². The average molecular weight is 454 g/mol. The molecule has 0 saturated carbocycles. The van der Waals surface area contributed by atoms with E-state index < -0.39 is 35.1 Å². The highest BCUT2D eigenvalue weighted by Crippen LogP contribution is 2.48. The summed E-state index contributed by atoms with van der Waals surface area (Å²) in [6, 6.07) is 4.08. The molecule has 3 aliphatic rings. The summed E-state index contributed by atoms with van der Waals surface area (Å²) in [4.78, 5) is 41.2. The van der Waals surface area contributed by atoms with Crippen molar-refractivity contribution in [3.05, 3.63) is 28.2 Å². The molecule has 142 valence electrons. The van der Waals surface area contributed by atoms with Gasteiger partial charge in [-0.05, 0) is 44.3 Å². The molecule has 0 aliphatic carbocycles. The highest BCUT2D eigenvalue weighted by Gasteiger charge is 2.66. The third-order valence-electron chi connectivity index (χ3n) is 5.07. The summed E-state index contributed by atoms with van der Waals surface area (Å²) in [5.74, 6) is -1.07. The Morgan fingerprint density at radius 1 is 1.37 bits per heavy atom. The molecule has 1 N–H and O–H groups in total. The van der Waals surface area contributed by atoms with Crippen LogP contribution in [0.25, 0.3) is 0 Å². The normalized spacial score (nSPS) is 28.3. The second-order valence-electron chi connectivity index (χ2n) is 7.27. The molecule has 3 aliphatic heterocycles. The summed E-state index contributed by atoms with van der Waals surface area (Å²) in [5.41, 5.74) is -1.42. The van der Waals surface area contributed by atoms with Crippen LogP contribution in [0.15, 0.2) is 22.7 Å². The Morgan fingerprint density at radius 3 is 2.70 bits per heavy atom. The number of halogens is 1. The van der Waals surface area contributed by atoms with Gasteiger partial charge in [-0.2, -0.15) is 0 Å². The van der Waals surface area contributed by atoms with Crippen molar-refractivity contribution in [3.8, 4) is 0 Å². The number of benzene rings is 1. The Morgan fingerprint density at radius 2 is 2.07 bits per heavy atom. The van der Waals surface area contributed by atoms with E-state index in [0.29, 0.717) is 11.3 Å². The Labute approximate surface area is 168 Å². The number of likely N-dealkylation sites (N-methyl/N-ethyl adjacent to an activating group) is 1. The van der Waals surface area contributed by atoms with Crippen molar-refractivity contribution in [1.82, 2.24) is 10.2 Å². The fourth-order valence-electron chi connectivity index (χ4n) is 3.77. The number of carbonyl (C=O) groups is 3. The van der Waals surface area contributed by atoms with Gasteiger partial charge >= 0.3 is 6.09 Å². The Kier molecular flexibility index (Phi) is 3.80. The first-order valence-corrected chi connectivity index (χ1v) is 9.38. The summed E-state index contributed by atoms with van der Waals surface area (Å²) in [5, 5.41) is 2.70. The molecular weight excluding hydrogens is 438 g/mol. The molecule has 27 heavy (non-hydrogen) atoms. The van der Waals surface area contributed by atoms with E-state index in [2.05, 4.69) is 21.2 Å². The second-order valence-corrected chi connectivity index (χ2v) is 8.56. The summed E-state index contributed by atoms with van der Waals surface area (Å²) in [7, 11) is 1.60. The Balaban J connectivity index is 1.87.